The van der Waals surface area contributed by atoms with Crippen molar-refractivity contribution >= 4 is 34.7 Å². The molecular formula is C12H9ClN4OS2. The topological polar surface area (TPSA) is 64.7 Å². The number of benzene rings is 1. The molecule has 8 heteroatoms. The van der Waals surface area contributed by atoms with Crippen molar-refractivity contribution in [1.82, 2.24) is 20.3 Å². The molecule has 0 fully saturated rings. The summed E-state index contributed by atoms with van der Waals surface area (Å²) in [6.45, 7) is 1.92. The highest BCUT2D eigenvalue weighted by molar-refractivity contribution is 8.00. The average molecular weight is 325 g/mol. The standard InChI is InChI=1S/C12H9ClN4OS2/c1-7-15-16-12(20-7)19-6-10-14-11(17-18-10)8-3-2-4-9(13)5-8/h2-5H,6H2,1H3. The molecule has 0 aliphatic carbocycles. The number of hydrogen-bond acceptors (Lipinski definition) is 7. The van der Waals surface area contributed by atoms with Crippen LogP contribution in [0.3, 0.4) is 0 Å². The van der Waals surface area contributed by atoms with Crippen LogP contribution < -0.4 is 0 Å². The van der Waals surface area contributed by atoms with Crippen molar-refractivity contribution in [2.24, 2.45) is 0 Å². The van der Waals surface area contributed by atoms with Gasteiger partial charge in [-0.3, -0.25) is 0 Å². The molecule has 0 bridgehead atoms. The lowest BCUT2D eigenvalue weighted by molar-refractivity contribution is 0.391. The molecule has 0 saturated heterocycles. The highest BCUT2D eigenvalue weighted by atomic mass is 35.5. The molecule has 3 rings (SSSR count). The van der Waals surface area contributed by atoms with Gasteiger partial charge in [0, 0.05) is 10.6 Å². The quantitative estimate of drug-likeness (QED) is 0.679. The van der Waals surface area contributed by atoms with Crippen molar-refractivity contribution in [3.63, 3.8) is 0 Å². The van der Waals surface area contributed by atoms with E-state index in [-0.39, 0.29) is 0 Å². The molecule has 0 aliphatic rings. The van der Waals surface area contributed by atoms with Crippen molar-refractivity contribution in [2.75, 3.05) is 0 Å². The van der Waals surface area contributed by atoms with E-state index in [1.54, 1.807) is 23.5 Å². The van der Waals surface area contributed by atoms with Gasteiger partial charge >= 0.3 is 0 Å². The molecule has 3 aromatic rings. The molecule has 0 amide bonds. The van der Waals surface area contributed by atoms with Crippen LogP contribution in [0.15, 0.2) is 33.1 Å². The summed E-state index contributed by atoms with van der Waals surface area (Å²) in [5, 5.41) is 13.5. The lowest BCUT2D eigenvalue weighted by Gasteiger charge is -1.93. The molecule has 20 heavy (non-hydrogen) atoms. The normalized spacial score (nSPS) is 10.9. The SMILES string of the molecule is Cc1nnc(SCc2nc(-c3cccc(Cl)c3)no2)s1. The van der Waals surface area contributed by atoms with E-state index < -0.39 is 0 Å². The number of aryl methyl sites for hydroxylation is 1. The van der Waals surface area contributed by atoms with Gasteiger partial charge in [0.1, 0.15) is 5.01 Å². The van der Waals surface area contributed by atoms with E-state index in [1.807, 2.05) is 19.1 Å². The van der Waals surface area contributed by atoms with Crippen molar-refractivity contribution in [2.45, 2.75) is 17.0 Å². The van der Waals surface area contributed by atoms with Crippen LogP contribution >= 0.6 is 34.7 Å². The first-order valence-electron chi connectivity index (χ1n) is 5.72. The summed E-state index contributed by atoms with van der Waals surface area (Å²) < 4.78 is 6.11. The van der Waals surface area contributed by atoms with E-state index in [9.17, 15) is 0 Å². The summed E-state index contributed by atoms with van der Waals surface area (Å²) in [5.41, 5.74) is 0.837. The van der Waals surface area contributed by atoms with Crippen molar-refractivity contribution in [1.29, 1.82) is 0 Å². The molecular weight excluding hydrogens is 316 g/mol. The van der Waals surface area contributed by atoms with Gasteiger partial charge in [-0.1, -0.05) is 52.0 Å². The molecule has 0 aliphatic heterocycles. The number of halogens is 1. The molecule has 2 heterocycles. The maximum absolute atomic E-state index is 5.94. The van der Waals surface area contributed by atoms with Crippen LogP contribution in [-0.2, 0) is 5.75 Å². The predicted molar refractivity (Wildman–Crippen MR) is 79.0 cm³/mol. The van der Waals surface area contributed by atoms with Gasteiger partial charge in [-0.05, 0) is 19.1 Å². The Kier molecular flexibility index (Phi) is 4.00. The number of thioether (sulfide) groups is 1. The Labute approximate surface area is 128 Å². The lowest BCUT2D eigenvalue weighted by Crippen LogP contribution is -1.83. The van der Waals surface area contributed by atoms with Crippen LogP contribution in [0, 0.1) is 6.92 Å². The molecule has 0 radical (unpaired) electrons. The summed E-state index contributed by atoms with van der Waals surface area (Å²) in [6.07, 6.45) is 0. The zero-order chi connectivity index (χ0) is 13.9. The van der Waals surface area contributed by atoms with Gasteiger partial charge < -0.3 is 4.52 Å². The first-order chi connectivity index (χ1) is 9.70. The summed E-state index contributed by atoms with van der Waals surface area (Å²) in [6, 6.07) is 7.35. The van der Waals surface area contributed by atoms with Gasteiger partial charge in [-0.2, -0.15) is 4.98 Å². The zero-order valence-corrected chi connectivity index (χ0v) is 12.8. The third kappa shape index (κ3) is 3.17. The first-order valence-corrected chi connectivity index (χ1v) is 7.90. The monoisotopic (exact) mass is 324 g/mol. The van der Waals surface area contributed by atoms with E-state index in [1.165, 1.54) is 11.8 Å². The highest BCUT2D eigenvalue weighted by Crippen LogP contribution is 2.26. The van der Waals surface area contributed by atoms with Gasteiger partial charge in [0.2, 0.25) is 11.7 Å². The Bertz CT molecular complexity index is 728. The fourth-order valence-electron chi connectivity index (χ4n) is 1.52. The van der Waals surface area contributed by atoms with E-state index >= 15 is 0 Å². The molecule has 1 aromatic carbocycles. The third-order valence-electron chi connectivity index (χ3n) is 2.38. The van der Waals surface area contributed by atoms with Crippen LogP contribution in [0.5, 0.6) is 0 Å². The molecule has 0 atom stereocenters. The molecule has 102 valence electrons. The number of aromatic nitrogens is 4. The van der Waals surface area contributed by atoms with Gasteiger partial charge in [-0.25, -0.2) is 0 Å². The number of hydrogen-bond donors (Lipinski definition) is 0. The minimum absolute atomic E-state index is 0.538. The highest BCUT2D eigenvalue weighted by Gasteiger charge is 2.10. The van der Waals surface area contributed by atoms with Crippen molar-refractivity contribution < 1.29 is 4.52 Å². The summed E-state index contributed by atoms with van der Waals surface area (Å²) in [7, 11) is 0. The molecule has 0 unspecified atom stereocenters. The Morgan fingerprint density at radius 3 is 3.00 bits per heavy atom. The zero-order valence-electron chi connectivity index (χ0n) is 10.4. The minimum atomic E-state index is 0.538. The number of rotatable bonds is 4. The van der Waals surface area contributed by atoms with Crippen molar-refractivity contribution in [3.8, 4) is 11.4 Å². The molecule has 0 spiro atoms. The second-order valence-corrected chi connectivity index (χ2v) is 6.74. The molecule has 0 saturated carbocycles. The average Bonchev–Trinajstić information content (AvgIpc) is 3.05. The number of nitrogens with zero attached hydrogens (tertiary/aromatic N) is 4. The summed E-state index contributed by atoms with van der Waals surface area (Å²) in [4.78, 5) is 4.34. The Morgan fingerprint density at radius 1 is 1.35 bits per heavy atom. The van der Waals surface area contributed by atoms with E-state index in [0.717, 1.165) is 14.9 Å². The maximum Gasteiger partial charge on any atom is 0.237 e. The van der Waals surface area contributed by atoms with Crippen LogP contribution in [0.4, 0.5) is 0 Å². The molecule has 0 N–H and O–H groups in total. The largest absolute Gasteiger partial charge is 0.338 e. The summed E-state index contributed by atoms with van der Waals surface area (Å²) in [5.74, 6) is 1.66. The van der Waals surface area contributed by atoms with E-state index in [4.69, 9.17) is 16.1 Å². The Balaban J connectivity index is 1.70. The van der Waals surface area contributed by atoms with E-state index in [0.29, 0.717) is 22.5 Å². The van der Waals surface area contributed by atoms with Gasteiger partial charge in [0.05, 0.1) is 5.75 Å². The third-order valence-corrected chi connectivity index (χ3v) is 4.57. The van der Waals surface area contributed by atoms with Crippen LogP contribution in [-0.4, -0.2) is 20.3 Å². The van der Waals surface area contributed by atoms with Gasteiger partial charge in [0.15, 0.2) is 4.34 Å². The fraction of sp³-hybridized carbons (Fsp3) is 0.167. The van der Waals surface area contributed by atoms with Gasteiger partial charge in [-0.15, -0.1) is 10.2 Å². The predicted octanol–water partition coefficient (Wildman–Crippen LogP) is 3.84. The van der Waals surface area contributed by atoms with Crippen LogP contribution in [0.1, 0.15) is 10.9 Å². The molecule has 5 nitrogen and oxygen atoms in total. The van der Waals surface area contributed by atoms with Gasteiger partial charge in [0.25, 0.3) is 0 Å². The van der Waals surface area contributed by atoms with Crippen molar-refractivity contribution in [3.05, 3.63) is 40.2 Å². The van der Waals surface area contributed by atoms with Crippen LogP contribution in [0.2, 0.25) is 5.02 Å². The second kappa shape index (κ2) is 5.90. The second-order valence-electron chi connectivity index (χ2n) is 3.90. The Morgan fingerprint density at radius 2 is 2.25 bits per heavy atom. The van der Waals surface area contributed by atoms with Crippen LogP contribution in [0.25, 0.3) is 11.4 Å². The molecule has 2 aromatic heterocycles. The summed E-state index contributed by atoms with van der Waals surface area (Å²) >= 11 is 9.02. The smallest absolute Gasteiger partial charge is 0.237 e. The Hall–Kier alpha value is -1.44. The fourth-order valence-corrected chi connectivity index (χ4v) is 3.36. The minimum Gasteiger partial charge on any atom is -0.338 e. The van der Waals surface area contributed by atoms with E-state index in [2.05, 4.69) is 20.3 Å². The lowest BCUT2D eigenvalue weighted by atomic mass is 10.2. The maximum atomic E-state index is 5.94. The first kappa shape index (κ1) is 13.5.